The van der Waals surface area contributed by atoms with E-state index in [1.54, 1.807) is 0 Å². The van der Waals surface area contributed by atoms with Crippen LogP contribution in [0.2, 0.25) is 0 Å². The van der Waals surface area contributed by atoms with E-state index < -0.39 is 0 Å². The molecule has 0 saturated carbocycles. The van der Waals surface area contributed by atoms with Gasteiger partial charge in [0.15, 0.2) is 0 Å². The number of benzene rings is 2. The highest BCUT2D eigenvalue weighted by Crippen LogP contribution is 2.31. The quantitative estimate of drug-likeness (QED) is 0.627. The van der Waals surface area contributed by atoms with Crippen LogP contribution in [0, 0.1) is 11.3 Å². The summed E-state index contributed by atoms with van der Waals surface area (Å²) in [5.74, 6) is 0.174. The summed E-state index contributed by atoms with van der Waals surface area (Å²) in [5, 5.41) is 8.98. The highest BCUT2D eigenvalue weighted by atomic mass is 16.2. The van der Waals surface area contributed by atoms with E-state index in [2.05, 4.69) is 38.7 Å². The summed E-state index contributed by atoms with van der Waals surface area (Å²) in [6.07, 6.45) is 8.37. The molecular formula is C26H27N5O. The van der Waals surface area contributed by atoms with E-state index in [1.807, 2.05) is 41.7 Å². The van der Waals surface area contributed by atoms with Crippen molar-refractivity contribution in [2.75, 3.05) is 24.5 Å². The molecule has 0 atom stereocenters. The van der Waals surface area contributed by atoms with Crippen molar-refractivity contribution in [3.05, 3.63) is 82.9 Å². The second-order valence-corrected chi connectivity index (χ2v) is 8.70. The number of hydrogen-bond donors (Lipinski definition) is 0. The lowest BCUT2D eigenvalue weighted by Gasteiger charge is -2.36. The molecule has 2 aromatic carbocycles. The Labute approximate surface area is 188 Å². The Morgan fingerprint density at radius 1 is 1.00 bits per heavy atom. The summed E-state index contributed by atoms with van der Waals surface area (Å²) in [7, 11) is 0. The predicted molar refractivity (Wildman–Crippen MR) is 123 cm³/mol. The number of rotatable bonds is 5. The molecule has 2 heterocycles. The standard InChI is InChI=1S/C26H27N5O/c27-14-20-8-10-21(11-9-20)16-30-19-28-15-23(30)17-29-12-13-31(26(32)18-29)25-7-3-5-22-4-1-2-6-24(22)25/h3,5,7-11,15,19H,1-2,4,6,12-13,16-18H2. The number of fused-ring (bicyclic) bond motifs is 1. The first-order valence-electron chi connectivity index (χ1n) is 11.3. The number of piperazine rings is 1. The fourth-order valence-corrected chi connectivity index (χ4v) is 4.86. The van der Waals surface area contributed by atoms with Gasteiger partial charge in [-0.15, -0.1) is 0 Å². The van der Waals surface area contributed by atoms with Gasteiger partial charge >= 0.3 is 0 Å². The Balaban J connectivity index is 1.25. The molecule has 1 saturated heterocycles. The summed E-state index contributed by atoms with van der Waals surface area (Å²) in [4.78, 5) is 21.6. The smallest absolute Gasteiger partial charge is 0.241 e. The fourth-order valence-electron chi connectivity index (χ4n) is 4.86. The maximum Gasteiger partial charge on any atom is 0.241 e. The van der Waals surface area contributed by atoms with E-state index in [0.29, 0.717) is 25.2 Å². The van der Waals surface area contributed by atoms with E-state index in [-0.39, 0.29) is 5.91 Å². The van der Waals surface area contributed by atoms with Crippen LogP contribution in [0.5, 0.6) is 0 Å². The van der Waals surface area contributed by atoms with Crippen molar-refractivity contribution in [2.24, 2.45) is 0 Å². The largest absolute Gasteiger partial charge is 0.329 e. The van der Waals surface area contributed by atoms with Gasteiger partial charge in [0.1, 0.15) is 0 Å². The monoisotopic (exact) mass is 425 g/mol. The first-order valence-corrected chi connectivity index (χ1v) is 11.3. The van der Waals surface area contributed by atoms with Crippen molar-refractivity contribution in [2.45, 2.75) is 38.8 Å². The first-order chi connectivity index (χ1) is 15.7. The number of hydrogen-bond acceptors (Lipinski definition) is 4. The van der Waals surface area contributed by atoms with Crippen LogP contribution >= 0.6 is 0 Å². The molecule has 0 bridgehead atoms. The van der Waals surface area contributed by atoms with Crippen LogP contribution in [-0.2, 0) is 30.7 Å². The van der Waals surface area contributed by atoms with Gasteiger partial charge in [-0.05, 0) is 60.6 Å². The van der Waals surface area contributed by atoms with Crippen molar-refractivity contribution in [3.63, 3.8) is 0 Å². The molecule has 32 heavy (non-hydrogen) atoms. The molecule has 3 aromatic rings. The van der Waals surface area contributed by atoms with E-state index >= 15 is 0 Å². The molecule has 1 fully saturated rings. The molecule has 0 unspecified atom stereocenters. The summed E-state index contributed by atoms with van der Waals surface area (Å²) in [6, 6.07) is 16.2. The van der Waals surface area contributed by atoms with Crippen molar-refractivity contribution in [3.8, 4) is 6.07 Å². The van der Waals surface area contributed by atoms with Gasteiger partial charge in [0.25, 0.3) is 0 Å². The van der Waals surface area contributed by atoms with Gasteiger partial charge in [-0.25, -0.2) is 4.98 Å². The number of nitrogens with zero attached hydrogens (tertiary/aromatic N) is 5. The van der Waals surface area contributed by atoms with Crippen LogP contribution in [-0.4, -0.2) is 40.0 Å². The first kappa shape index (κ1) is 20.5. The van der Waals surface area contributed by atoms with Crippen molar-refractivity contribution >= 4 is 11.6 Å². The second kappa shape index (κ2) is 8.97. The third-order valence-corrected chi connectivity index (χ3v) is 6.58. The minimum atomic E-state index is 0.174. The summed E-state index contributed by atoms with van der Waals surface area (Å²) < 4.78 is 2.12. The molecule has 162 valence electrons. The predicted octanol–water partition coefficient (Wildman–Crippen LogP) is 3.53. The Hall–Kier alpha value is -3.43. The Morgan fingerprint density at radius 2 is 1.84 bits per heavy atom. The molecule has 2 aliphatic rings. The summed E-state index contributed by atoms with van der Waals surface area (Å²) in [5.41, 5.74) is 6.79. The van der Waals surface area contributed by atoms with Gasteiger partial charge < -0.3 is 9.47 Å². The van der Waals surface area contributed by atoms with Gasteiger partial charge in [-0.2, -0.15) is 5.26 Å². The minimum absolute atomic E-state index is 0.174. The van der Waals surface area contributed by atoms with Gasteiger partial charge in [0.2, 0.25) is 5.91 Å². The molecular weight excluding hydrogens is 398 g/mol. The van der Waals surface area contributed by atoms with Crippen LogP contribution in [0.25, 0.3) is 0 Å². The van der Waals surface area contributed by atoms with Gasteiger partial charge in [-0.3, -0.25) is 9.69 Å². The normalized spacial score (nSPS) is 16.6. The van der Waals surface area contributed by atoms with Crippen molar-refractivity contribution in [1.82, 2.24) is 14.5 Å². The molecule has 1 amide bonds. The molecule has 6 heteroatoms. The molecule has 0 N–H and O–H groups in total. The maximum absolute atomic E-state index is 13.1. The summed E-state index contributed by atoms with van der Waals surface area (Å²) >= 11 is 0. The topological polar surface area (TPSA) is 65.2 Å². The third-order valence-electron chi connectivity index (χ3n) is 6.58. The lowest BCUT2D eigenvalue weighted by molar-refractivity contribution is -0.121. The number of carbonyl (C=O) groups excluding carboxylic acids is 1. The Bertz CT molecular complexity index is 1160. The molecule has 1 aliphatic heterocycles. The number of imidazole rings is 1. The number of anilines is 1. The van der Waals surface area contributed by atoms with Crippen LogP contribution in [0.1, 0.15) is 40.8 Å². The zero-order valence-electron chi connectivity index (χ0n) is 18.2. The molecule has 6 nitrogen and oxygen atoms in total. The van der Waals surface area contributed by atoms with E-state index in [0.717, 1.165) is 42.9 Å². The van der Waals surface area contributed by atoms with E-state index in [1.165, 1.54) is 24.0 Å². The van der Waals surface area contributed by atoms with Gasteiger partial charge in [-0.1, -0.05) is 24.3 Å². The average molecular weight is 426 g/mol. The second-order valence-electron chi connectivity index (χ2n) is 8.70. The summed E-state index contributed by atoms with van der Waals surface area (Å²) in [6.45, 7) is 3.38. The van der Waals surface area contributed by atoms with Crippen molar-refractivity contribution < 1.29 is 4.79 Å². The zero-order chi connectivity index (χ0) is 21.9. The number of aryl methyl sites for hydroxylation is 1. The highest BCUT2D eigenvalue weighted by molar-refractivity contribution is 5.96. The lowest BCUT2D eigenvalue weighted by atomic mass is 9.90. The average Bonchev–Trinajstić information content (AvgIpc) is 3.26. The Kier molecular flexibility index (Phi) is 5.74. The third kappa shape index (κ3) is 4.17. The molecule has 0 spiro atoms. The molecule has 5 rings (SSSR count). The molecule has 1 aromatic heterocycles. The lowest BCUT2D eigenvalue weighted by Crippen LogP contribution is -2.50. The van der Waals surface area contributed by atoms with Crippen LogP contribution in [0.4, 0.5) is 5.69 Å². The number of amides is 1. The number of carbonyl (C=O) groups is 1. The number of nitriles is 1. The van der Waals surface area contributed by atoms with Gasteiger partial charge in [0.05, 0.1) is 30.2 Å². The van der Waals surface area contributed by atoms with Gasteiger partial charge in [0, 0.05) is 38.1 Å². The van der Waals surface area contributed by atoms with Crippen LogP contribution in [0.15, 0.2) is 55.0 Å². The van der Waals surface area contributed by atoms with Crippen molar-refractivity contribution in [1.29, 1.82) is 5.26 Å². The molecule has 1 aliphatic carbocycles. The molecule has 0 radical (unpaired) electrons. The van der Waals surface area contributed by atoms with E-state index in [9.17, 15) is 4.79 Å². The van der Waals surface area contributed by atoms with E-state index in [4.69, 9.17) is 5.26 Å². The van der Waals surface area contributed by atoms with Crippen LogP contribution in [0.3, 0.4) is 0 Å². The fraction of sp³-hybridized carbons (Fsp3) is 0.346. The van der Waals surface area contributed by atoms with Crippen LogP contribution < -0.4 is 4.90 Å². The maximum atomic E-state index is 13.1. The minimum Gasteiger partial charge on any atom is -0.329 e. The Morgan fingerprint density at radius 3 is 2.66 bits per heavy atom. The SMILES string of the molecule is N#Cc1ccc(Cn2cncc2CN2CCN(c3cccc4c3CCCC4)C(=O)C2)cc1. The zero-order valence-corrected chi connectivity index (χ0v) is 18.2. The highest BCUT2D eigenvalue weighted by Gasteiger charge is 2.28. The number of aromatic nitrogens is 2.